The number of nitrogens with one attached hydrogen (secondary N) is 2. The van der Waals surface area contributed by atoms with Crippen molar-refractivity contribution in [3.05, 3.63) is 34.9 Å². The van der Waals surface area contributed by atoms with Gasteiger partial charge >= 0.3 is 0 Å². The first-order chi connectivity index (χ1) is 6.33. The lowest BCUT2D eigenvalue weighted by Gasteiger charge is -2.04. The minimum absolute atomic E-state index is 0.0490. The molecule has 3 heteroatoms. The summed E-state index contributed by atoms with van der Waals surface area (Å²) in [5.41, 5.74) is 3.17. The van der Waals surface area contributed by atoms with Crippen molar-refractivity contribution in [3.63, 3.8) is 0 Å². The highest BCUT2D eigenvalue weighted by molar-refractivity contribution is 5.98. The summed E-state index contributed by atoms with van der Waals surface area (Å²) >= 11 is 0. The van der Waals surface area contributed by atoms with Crippen molar-refractivity contribution >= 4 is 5.91 Å². The minimum Gasteiger partial charge on any atom is -0.348 e. The predicted molar refractivity (Wildman–Crippen MR) is 50.4 cm³/mol. The van der Waals surface area contributed by atoms with Crippen molar-refractivity contribution in [1.82, 2.24) is 10.6 Å². The zero-order valence-corrected chi connectivity index (χ0v) is 7.55. The zero-order valence-electron chi connectivity index (χ0n) is 7.55. The van der Waals surface area contributed by atoms with Crippen LogP contribution < -0.4 is 10.6 Å². The van der Waals surface area contributed by atoms with Gasteiger partial charge in [0.25, 0.3) is 5.91 Å². The van der Waals surface area contributed by atoms with Crippen LogP contribution in [0.3, 0.4) is 0 Å². The molecule has 1 aliphatic heterocycles. The first-order valence-electron chi connectivity index (χ1n) is 4.36. The van der Waals surface area contributed by atoms with Crippen LogP contribution in [0.25, 0.3) is 0 Å². The van der Waals surface area contributed by atoms with Crippen LogP contribution in [0.4, 0.5) is 0 Å². The van der Waals surface area contributed by atoms with E-state index in [0.717, 1.165) is 17.7 Å². The fourth-order valence-corrected chi connectivity index (χ4v) is 1.68. The van der Waals surface area contributed by atoms with Crippen LogP contribution >= 0.6 is 0 Å². The second kappa shape index (κ2) is 3.18. The standard InChI is InChI=1S/C10H12N2O/c1-11-5-7-3-2-4-8-9(7)6-12-10(8)13/h2-4,11H,5-6H2,1H3,(H,12,13). The van der Waals surface area contributed by atoms with Gasteiger partial charge in [-0.05, 0) is 24.2 Å². The Kier molecular flexibility index (Phi) is 2.02. The smallest absolute Gasteiger partial charge is 0.251 e. The van der Waals surface area contributed by atoms with Crippen molar-refractivity contribution in [2.24, 2.45) is 0 Å². The molecule has 1 aromatic carbocycles. The second-order valence-electron chi connectivity index (χ2n) is 3.16. The molecule has 0 aliphatic carbocycles. The van der Waals surface area contributed by atoms with Crippen LogP contribution in [-0.2, 0) is 13.1 Å². The van der Waals surface area contributed by atoms with E-state index < -0.39 is 0 Å². The third-order valence-corrected chi connectivity index (χ3v) is 2.31. The molecular weight excluding hydrogens is 164 g/mol. The number of carbonyl (C=O) groups excluding carboxylic acids is 1. The third kappa shape index (κ3) is 1.31. The van der Waals surface area contributed by atoms with Crippen molar-refractivity contribution in [2.75, 3.05) is 7.05 Å². The minimum atomic E-state index is 0.0490. The van der Waals surface area contributed by atoms with Gasteiger partial charge in [-0.15, -0.1) is 0 Å². The Morgan fingerprint density at radius 1 is 1.54 bits per heavy atom. The Balaban J connectivity index is 2.44. The maximum absolute atomic E-state index is 11.3. The first kappa shape index (κ1) is 8.26. The van der Waals surface area contributed by atoms with E-state index in [2.05, 4.69) is 16.7 Å². The number of benzene rings is 1. The maximum Gasteiger partial charge on any atom is 0.251 e. The SMILES string of the molecule is CNCc1cccc2c1CNC2=O. The lowest BCUT2D eigenvalue weighted by molar-refractivity contribution is 0.0966. The van der Waals surface area contributed by atoms with Crippen LogP contribution in [-0.4, -0.2) is 13.0 Å². The molecule has 0 saturated carbocycles. The van der Waals surface area contributed by atoms with Gasteiger partial charge < -0.3 is 10.6 Å². The molecule has 1 aromatic rings. The molecule has 1 amide bonds. The zero-order chi connectivity index (χ0) is 9.26. The summed E-state index contributed by atoms with van der Waals surface area (Å²) in [5, 5.41) is 5.91. The number of carbonyl (C=O) groups is 1. The summed E-state index contributed by atoms with van der Waals surface area (Å²) in [6.07, 6.45) is 0. The fourth-order valence-electron chi connectivity index (χ4n) is 1.68. The maximum atomic E-state index is 11.3. The first-order valence-corrected chi connectivity index (χ1v) is 4.36. The lowest BCUT2D eigenvalue weighted by atomic mass is 10.0. The Hall–Kier alpha value is -1.35. The molecule has 2 N–H and O–H groups in total. The summed E-state index contributed by atoms with van der Waals surface area (Å²) in [6, 6.07) is 5.85. The van der Waals surface area contributed by atoms with E-state index in [0.29, 0.717) is 6.54 Å². The van der Waals surface area contributed by atoms with E-state index in [9.17, 15) is 4.79 Å². The quantitative estimate of drug-likeness (QED) is 0.694. The molecule has 68 valence electrons. The molecule has 0 fully saturated rings. The van der Waals surface area contributed by atoms with Gasteiger partial charge in [0.1, 0.15) is 0 Å². The summed E-state index contributed by atoms with van der Waals surface area (Å²) in [7, 11) is 1.91. The van der Waals surface area contributed by atoms with Crippen LogP contribution in [0.15, 0.2) is 18.2 Å². The normalized spacial score (nSPS) is 14.1. The molecule has 1 aliphatic rings. The van der Waals surface area contributed by atoms with Crippen molar-refractivity contribution in [3.8, 4) is 0 Å². The predicted octanol–water partition coefficient (Wildman–Crippen LogP) is 0.649. The highest BCUT2D eigenvalue weighted by Gasteiger charge is 2.20. The van der Waals surface area contributed by atoms with E-state index in [1.54, 1.807) is 0 Å². The van der Waals surface area contributed by atoms with E-state index in [1.165, 1.54) is 5.56 Å². The number of amides is 1. The summed E-state index contributed by atoms with van der Waals surface area (Å²) in [5.74, 6) is 0.0490. The van der Waals surface area contributed by atoms with Gasteiger partial charge in [-0.1, -0.05) is 12.1 Å². The topological polar surface area (TPSA) is 41.1 Å². The summed E-state index contributed by atoms with van der Waals surface area (Å²) < 4.78 is 0. The third-order valence-electron chi connectivity index (χ3n) is 2.31. The van der Waals surface area contributed by atoms with Gasteiger partial charge in [0.2, 0.25) is 0 Å². The Morgan fingerprint density at radius 2 is 2.38 bits per heavy atom. The molecule has 0 radical (unpaired) electrons. The van der Waals surface area contributed by atoms with Gasteiger partial charge in [-0.3, -0.25) is 4.79 Å². The fraction of sp³-hybridized carbons (Fsp3) is 0.300. The highest BCUT2D eigenvalue weighted by Crippen LogP contribution is 2.19. The van der Waals surface area contributed by atoms with Crippen LogP contribution in [0.1, 0.15) is 21.5 Å². The number of fused-ring (bicyclic) bond motifs is 1. The van der Waals surface area contributed by atoms with Gasteiger partial charge in [0.15, 0.2) is 0 Å². The molecule has 2 rings (SSSR count). The van der Waals surface area contributed by atoms with Crippen LogP contribution in [0.2, 0.25) is 0 Å². The average molecular weight is 176 g/mol. The Labute approximate surface area is 77.1 Å². The molecule has 0 unspecified atom stereocenters. The summed E-state index contributed by atoms with van der Waals surface area (Å²) in [6.45, 7) is 1.49. The van der Waals surface area contributed by atoms with Crippen molar-refractivity contribution < 1.29 is 4.79 Å². The van der Waals surface area contributed by atoms with Crippen LogP contribution in [0.5, 0.6) is 0 Å². The lowest BCUT2D eigenvalue weighted by Crippen LogP contribution is -2.12. The van der Waals surface area contributed by atoms with Gasteiger partial charge in [0.05, 0.1) is 0 Å². The van der Waals surface area contributed by atoms with Crippen LogP contribution in [0, 0.1) is 0 Å². The molecule has 0 spiro atoms. The molecule has 0 bridgehead atoms. The van der Waals surface area contributed by atoms with Crippen molar-refractivity contribution in [2.45, 2.75) is 13.1 Å². The van der Waals surface area contributed by atoms with E-state index in [1.807, 2.05) is 19.2 Å². The summed E-state index contributed by atoms with van der Waals surface area (Å²) in [4.78, 5) is 11.3. The Morgan fingerprint density at radius 3 is 3.15 bits per heavy atom. The molecule has 3 nitrogen and oxygen atoms in total. The van der Waals surface area contributed by atoms with Crippen molar-refractivity contribution in [1.29, 1.82) is 0 Å². The molecule has 0 saturated heterocycles. The van der Waals surface area contributed by atoms with E-state index >= 15 is 0 Å². The van der Waals surface area contributed by atoms with Gasteiger partial charge in [0, 0.05) is 18.7 Å². The Bertz CT molecular complexity index is 347. The monoisotopic (exact) mass is 176 g/mol. The molecule has 13 heavy (non-hydrogen) atoms. The second-order valence-corrected chi connectivity index (χ2v) is 3.16. The van der Waals surface area contributed by atoms with Gasteiger partial charge in [-0.2, -0.15) is 0 Å². The average Bonchev–Trinajstić information content (AvgIpc) is 2.50. The molecule has 0 atom stereocenters. The highest BCUT2D eigenvalue weighted by atomic mass is 16.1. The number of hydrogen-bond acceptors (Lipinski definition) is 2. The van der Waals surface area contributed by atoms with Gasteiger partial charge in [-0.25, -0.2) is 0 Å². The number of rotatable bonds is 2. The van der Waals surface area contributed by atoms with E-state index in [4.69, 9.17) is 0 Å². The molecule has 1 heterocycles. The number of hydrogen-bond donors (Lipinski definition) is 2. The molecular formula is C10H12N2O. The molecule has 0 aromatic heterocycles. The largest absolute Gasteiger partial charge is 0.348 e. The van der Waals surface area contributed by atoms with E-state index in [-0.39, 0.29) is 5.91 Å².